The lowest BCUT2D eigenvalue weighted by molar-refractivity contribution is 0.436. The van der Waals surface area contributed by atoms with Crippen molar-refractivity contribution in [2.75, 3.05) is 0 Å². The van der Waals surface area contributed by atoms with E-state index in [1.54, 1.807) is 0 Å². The van der Waals surface area contributed by atoms with Gasteiger partial charge in [-0.3, -0.25) is 0 Å². The van der Waals surface area contributed by atoms with E-state index in [0.29, 0.717) is 63.8 Å². The SMILES string of the molecule is c1ccc(-c2ccc(-c3cc(-c4ccc5c(c4)Oc4ccc(-c6cccc(-c7nc(-c8ccccc8)nc(-c8ccc9c(c8)Oc8ccccc8C98c9ccccc9-c9ccc(-c%10nc(-c%11ccccc%11)nc(-c%11cccc(-c%12ccccc%12)c%11)n%10)cc98)n7)c6)cc4C54c5ccccc5-c5ccc(-c6cc(-c7ccccc7)nc(-c7ccc(-c8ccccc8)cc7)n6)cc54)nc(-c4ccc(-c5ccccc5)cc4)n3)cc2)cc1. The van der Waals surface area contributed by atoms with Crippen molar-refractivity contribution in [3.8, 4) is 237 Å². The van der Waals surface area contributed by atoms with Gasteiger partial charge in [0, 0.05) is 89.0 Å². The lowest BCUT2D eigenvalue weighted by Gasteiger charge is -2.40. The van der Waals surface area contributed by atoms with Gasteiger partial charge in [-0.25, -0.2) is 49.8 Å². The van der Waals surface area contributed by atoms with Crippen LogP contribution >= 0.6 is 0 Å². The number of fused-ring (bicyclic) bond motifs is 18. The highest BCUT2D eigenvalue weighted by molar-refractivity contribution is 5.95. The molecule has 690 valence electrons. The molecule has 20 aromatic carbocycles. The van der Waals surface area contributed by atoms with Gasteiger partial charge in [0.25, 0.3) is 0 Å². The molecule has 2 unspecified atom stereocenters. The maximum absolute atomic E-state index is 7.64. The van der Waals surface area contributed by atoms with Crippen molar-refractivity contribution in [2.45, 2.75) is 10.8 Å². The Bertz CT molecular complexity index is 9270. The van der Waals surface area contributed by atoms with Gasteiger partial charge in [-0.2, -0.15) is 0 Å². The third-order valence-electron chi connectivity index (χ3n) is 29.4. The third kappa shape index (κ3) is 14.9. The van der Waals surface area contributed by atoms with E-state index in [9.17, 15) is 0 Å². The summed E-state index contributed by atoms with van der Waals surface area (Å²) < 4.78 is 15.0. The molecule has 0 amide bonds. The van der Waals surface area contributed by atoms with E-state index >= 15 is 0 Å². The van der Waals surface area contributed by atoms with E-state index in [1.807, 2.05) is 72.8 Å². The predicted molar refractivity (Wildman–Crippen MR) is 592 cm³/mol. The second-order valence-corrected chi connectivity index (χ2v) is 37.9. The van der Waals surface area contributed by atoms with Gasteiger partial charge in [0.15, 0.2) is 46.6 Å². The molecule has 28 rings (SSSR count). The Morgan fingerprint density at radius 3 is 0.804 bits per heavy atom. The summed E-state index contributed by atoms with van der Waals surface area (Å²) in [5, 5.41) is 0. The van der Waals surface area contributed by atoms with Crippen molar-refractivity contribution >= 4 is 0 Å². The zero-order valence-corrected chi connectivity index (χ0v) is 79.8. The number of rotatable bonds is 17. The number of benzene rings is 20. The number of aromatic nitrogens is 10. The smallest absolute Gasteiger partial charge is 0.164 e. The highest BCUT2D eigenvalue weighted by atomic mass is 16.5. The van der Waals surface area contributed by atoms with Gasteiger partial charge in [-0.1, -0.05) is 443 Å². The van der Waals surface area contributed by atoms with Crippen LogP contribution in [-0.4, -0.2) is 49.8 Å². The molecule has 0 saturated carbocycles. The Morgan fingerprint density at radius 1 is 0.115 bits per heavy atom. The van der Waals surface area contributed by atoms with Crippen molar-refractivity contribution in [3.05, 3.63) is 554 Å². The Labute approximate surface area is 855 Å². The number of hydrogen-bond donors (Lipinski definition) is 0. The second kappa shape index (κ2) is 35.7. The van der Waals surface area contributed by atoms with E-state index < -0.39 is 10.8 Å². The van der Waals surface area contributed by atoms with E-state index in [1.165, 1.54) is 0 Å². The van der Waals surface area contributed by atoms with Crippen LogP contribution < -0.4 is 9.47 Å². The Kier molecular flexibility index (Phi) is 20.8. The molecule has 24 aromatic rings. The van der Waals surface area contributed by atoms with Gasteiger partial charge in [0.2, 0.25) is 0 Å². The number of ether oxygens (including phenoxy) is 2. The molecule has 2 aliphatic carbocycles. The van der Waals surface area contributed by atoms with Crippen LogP contribution in [0, 0.1) is 0 Å². The molecule has 4 aliphatic rings. The first-order valence-corrected chi connectivity index (χ1v) is 49.8. The quantitative estimate of drug-likeness (QED) is 0.0854. The van der Waals surface area contributed by atoms with E-state index in [4.69, 9.17) is 59.3 Å². The molecule has 4 aromatic heterocycles. The average Bonchev–Trinajstić information content (AvgIpc) is 1.53. The Morgan fingerprint density at radius 2 is 0.345 bits per heavy atom. The molecular formula is C136H84N10O2. The van der Waals surface area contributed by atoms with Crippen molar-refractivity contribution in [3.63, 3.8) is 0 Å². The van der Waals surface area contributed by atoms with Crippen LogP contribution in [0.3, 0.4) is 0 Å². The normalized spacial score (nSPS) is 14.0. The topological polar surface area (TPSA) is 147 Å². The van der Waals surface area contributed by atoms with Crippen molar-refractivity contribution < 1.29 is 9.47 Å². The Balaban J connectivity index is 0.586. The van der Waals surface area contributed by atoms with E-state index in [2.05, 4.69) is 437 Å². The van der Waals surface area contributed by atoms with Gasteiger partial charge in [-0.15, -0.1) is 0 Å². The fourth-order valence-electron chi connectivity index (χ4n) is 22.3. The van der Waals surface area contributed by atoms with E-state index in [0.717, 1.165) is 218 Å². The lowest BCUT2D eigenvalue weighted by atomic mass is 9.65. The molecule has 2 atom stereocenters. The van der Waals surface area contributed by atoms with Crippen LogP contribution in [0.5, 0.6) is 23.0 Å². The summed E-state index contributed by atoms with van der Waals surface area (Å²) in [5.74, 6) is 7.18. The van der Waals surface area contributed by atoms with Crippen molar-refractivity contribution in [1.29, 1.82) is 0 Å². The molecule has 0 saturated heterocycles. The van der Waals surface area contributed by atoms with Crippen LogP contribution in [0.15, 0.2) is 510 Å². The monoisotopic (exact) mass is 1890 g/mol. The highest BCUT2D eigenvalue weighted by Crippen LogP contribution is 2.66. The van der Waals surface area contributed by atoms with Gasteiger partial charge in [0.1, 0.15) is 23.0 Å². The molecule has 6 heterocycles. The van der Waals surface area contributed by atoms with Crippen LogP contribution in [0.25, 0.3) is 214 Å². The van der Waals surface area contributed by atoms with Crippen molar-refractivity contribution in [1.82, 2.24) is 49.8 Å². The fourth-order valence-corrected chi connectivity index (χ4v) is 22.3. The van der Waals surface area contributed by atoms with Crippen LogP contribution in [-0.2, 0) is 10.8 Å². The lowest BCUT2D eigenvalue weighted by Crippen LogP contribution is -2.32. The largest absolute Gasteiger partial charge is 0.457 e. The predicted octanol–water partition coefficient (Wildman–Crippen LogP) is 32.9. The first kappa shape index (κ1) is 86.1. The molecule has 0 bridgehead atoms. The van der Waals surface area contributed by atoms with Gasteiger partial charge in [0.05, 0.1) is 33.6 Å². The van der Waals surface area contributed by atoms with Gasteiger partial charge in [-0.05, 0) is 167 Å². The van der Waals surface area contributed by atoms with Gasteiger partial charge >= 0.3 is 0 Å². The molecule has 2 spiro atoms. The summed E-state index contributed by atoms with van der Waals surface area (Å²) in [5.41, 5.74) is 35.2. The summed E-state index contributed by atoms with van der Waals surface area (Å²) >= 11 is 0. The zero-order valence-electron chi connectivity index (χ0n) is 79.8. The third-order valence-corrected chi connectivity index (χ3v) is 29.4. The van der Waals surface area contributed by atoms with Crippen LogP contribution in [0.4, 0.5) is 0 Å². The molecule has 2 aliphatic heterocycles. The first-order valence-electron chi connectivity index (χ1n) is 49.8. The Hall–Kier alpha value is -19.8. The maximum atomic E-state index is 7.64. The van der Waals surface area contributed by atoms with Crippen molar-refractivity contribution in [2.24, 2.45) is 0 Å². The number of para-hydroxylation sites is 1. The maximum Gasteiger partial charge on any atom is 0.164 e. The molecule has 0 radical (unpaired) electrons. The summed E-state index contributed by atoms with van der Waals surface area (Å²) in [7, 11) is 0. The summed E-state index contributed by atoms with van der Waals surface area (Å²) in [6.45, 7) is 0. The van der Waals surface area contributed by atoms with Crippen LogP contribution in [0.2, 0.25) is 0 Å². The van der Waals surface area contributed by atoms with Crippen LogP contribution in [0.1, 0.15) is 44.5 Å². The average molecular weight is 1890 g/mol. The minimum atomic E-state index is -1.02. The summed E-state index contributed by atoms with van der Waals surface area (Å²) in [6, 6.07) is 179. The number of nitrogens with zero attached hydrogens (tertiary/aromatic N) is 10. The zero-order chi connectivity index (χ0) is 97.7. The van der Waals surface area contributed by atoms with E-state index in [-0.39, 0.29) is 0 Å². The standard InChI is InChI=1S/C136H84N10O2/c1-8-30-85(31-9-1)89-54-60-93(61-55-89)120-84-122(140-128(138-120)97-64-58-91(59-65-97)87-34-12-3-13-35-87)102-68-73-115-125(81-102)148-124-75-70-100(78-118(124)136(115)112-51-25-23-49-108(112)109-71-66-101(79-116(109)136)121-83-119(92-38-16-5-17-39-92)137-127(139-121)96-62-56-90(57-63-96)86-32-10-2-11-33-86)99-45-29-47-104(77-99)132-142-130(95-42-20-7-21-43-95)144-134(146-132)106-69-74-114-126(82-106)147-123-53-27-26-52-113(123)135(114)111-50-24-22-48-107(111)110-72-67-105(80-117(110)135)133-143-129(94-40-18-6-19-41-94)141-131(145-133)103-46-28-44-98(76-103)88-36-14-4-15-37-88/h1-84H. The molecule has 12 nitrogen and oxygen atoms in total. The highest BCUT2D eigenvalue weighted by Gasteiger charge is 2.54. The minimum absolute atomic E-state index is 0.472. The molecular weight excluding hydrogens is 1810 g/mol. The number of hydrogen-bond acceptors (Lipinski definition) is 12. The second-order valence-electron chi connectivity index (χ2n) is 37.9. The fraction of sp³-hybridized carbons (Fsp3) is 0.0147. The summed E-state index contributed by atoms with van der Waals surface area (Å²) in [4.78, 5) is 54.3. The molecule has 148 heavy (non-hydrogen) atoms. The minimum Gasteiger partial charge on any atom is -0.457 e. The summed E-state index contributed by atoms with van der Waals surface area (Å²) in [6.07, 6.45) is 0. The van der Waals surface area contributed by atoms with Gasteiger partial charge < -0.3 is 9.47 Å². The molecule has 12 heteroatoms. The molecule has 0 N–H and O–H groups in total. The first-order chi connectivity index (χ1) is 73.2. The molecule has 0 fully saturated rings.